The van der Waals surface area contributed by atoms with Crippen LogP contribution in [0.3, 0.4) is 0 Å². The van der Waals surface area contributed by atoms with Crippen LogP contribution in [-0.4, -0.2) is 46.3 Å². The number of aliphatic hydroxyl groups excluding tert-OH is 1. The van der Waals surface area contributed by atoms with Gasteiger partial charge in [0.2, 0.25) is 0 Å². The summed E-state index contributed by atoms with van der Waals surface area (Å²) in [6.45, 7) is 0.871. The number of benzene rings is 2. The molecule has 0 bridgehead atoms. The molecule has 1 amide bonds. The maximum atomic E-state index is 12.7. The molecule has 2 aromatic carbocycles. The van der Waals surface area contributed by atoms with E-state index in [9.17, 15) is 15.0 Å². The molecule has 0 saturated heterocycles. The number of nitrogens with two attached hydrogens (primary N) is 1. The topological polar surface area (TPSA) is 125 Å². The highest BCUT2D eigenvalue weighted by Gasteiger charge is 2.25. The summed E-state index contributed by atoms with van der Waals surface area (Å²) in [7, 11) is 1.72. The summed E-state index contributed by atoms with van der Waals surface area (Å²) in [6.07, 6.45) is 0.804. The lowest BCUT2D eigenvalue weighted by atomic mass is 10.1. The molecule has 8 heteroatoms. The van der Waals surface area contributed by atoms with Gasteiger partial charge >= 0.3 is 0 Å². The molecule has 4 rings (SSSR count). The first-order chi connectivity index (χ1) is 15.0. The van der Waals surface area contributed by atoms with Gasteiger partial charge in [0.05, 0.1) is 6.04 Å². The highest BCUT2D eigenvalue weighted by Crippen LogP contribution is 2.33. The molecule has 1 aliphatic rings. The van der Waals surface area contributed by atoms with Crippen molar-refractivity contribution in [2.75, 3.05) is 20.1 Å². The number of amides is 1. The van der Waals surface area contributed by atoms with Crippen molar-refractivity contribution in [3.63, 3.8) is 0 Å². The zero-order valence-corrected chi connectivity index (χ0v) is 17.3. The standard InChI is InChI=1S/C23H26N4O4/c1-27(11-10-24)23(30)17-8-6-15(12-20(17)28)21-13-19(26-31-21)22(29)25-18-9-7-14-4-2-3-5-16(14)18/h2-6,8,12-13,18,23,28,30H,7,9-11,24H2,1H3,(H,25,29)/t18-,23?/m1/s1. The highest BCUT2D eigenvalue weighted by atomic mass is 16.5. The third kappa shape index (κ3) is 4.32. The third-order valence-corrected chi connectivity index (χ3v) is 5.67. The number of carbonyl (C=O) groups is 1. The summed E-state index contributed by atoms with van der Waals surface area (Å²) in [5.74, 6) is -0.0427. The van der Waals surface area contributed by atoms with Crippen LogP contribution in [-0.2, 0) is 6.42 Å². The number of nitrogens with one attached hydrogen (secondary N) is 1. The van der Waals surface area contributed by atoms with Crippen molar-refractivity contribution in [2.45, 2.75) is 25.1 Å². The molecule has 0 radical (unpaired) electrons. The molecule has 0 fully saturated rings. The molecule has 0 aliphatic heterocycles. The van der Waals surface area contributed by atoms with Gasteiger partial charge < -0.3 is 25.8 Å². The van der Waals surface area contributed by atoms with E-state index in [0.29, 0.717) is 30.0 Å². The van der Waals surface area contributed by atoms with Crippen molar-refractivity contribution < 1.29 is 19.5 Å². The van der Waals surface area contributed by atoms with E-state index >= 15 is 0 Å². The van der Waals surface area contributed by atoms with Crippen molar-refractivity contribution in [3.05, 3.63) is 70.9 Å². The molecule has 1 heterocycles. The summed E-state index contributed by atoms with van der Waals surface area (Å²) in [5.41, 5.74) is 8.99. The van der Waals surface area contributed by atoms with Gasteiger partial charge in [-0.25, -0.2) is 0 Å². The number of hydrogen-bond acceptors (Lipinski definition) is 7. The molecule has 162 valence electrons. The fraction of sp³-hybridized carbons (Fsp3) is 0.304. The normalized spacial score (nSPS) is 16.3. The van der Waals surface area contributed by atoms with Gasteiger partial charge in [-0.1, -0.05) is 41.6 Å². The monoisotopic (exact) mass is 422 g/mol. The van der Waals surface area contributed by atoms with Crippen LogP contribution < -0.4 is 11.1 Å². The van der Waals surface area contributed by atoms with Gasteiger partial charge in [0.1, 0.15) is 12.0 Å². The number of aliphatic hydroxyl groups is 1. The minimum atomic E-state index is -0.983. The van der Waals surface area contributed by atoms with E-state index < -0.39 is 6.23 Å². The molecule has 1 aliphatic carbocycles. The summed E-state index contributed by atoms with van der Waals surface area (Å²) < 4.78 is 5.34. The zero-order chi connectivity index (χ0) is 22.0. The number of hydrogen-bond donors (Lipinski definition) is 4. The largest absolute Gasteiger partial charge is 0.507 e. The molecular weight excluding hydrogens is 396 g/mol. The predicted octanol–water partition coefficient (Wildman–Crippen LogP) is 2.35. The first kappa shape index (κ1) is 21.0. The van der Waals surface area contributed by atoms with E-state index in [2.05, 4.69) is 16.5 Å². The first-order valence-electron chi connectivity index (χ1n) is 10.2. The van der Waals surface area contributed by atoms with Crippen LogP contribution in [0.2, 0.25) is 0 Å². The number of aryl methyl sites for hydroxylation is 1. The van der Waals surface area contributed by atoms with Crippen molar-refractivity contribution >= 4 is 5.91 Å². The maximum absolute atomic E-state index is 12.7. The van der Waals surface area contributed by atoms with E-state index in [0.717, 1.165) is 18.4 Å². The number of nitrogens with zero attached hydrogens (tertiary/aromatic N) is 2. The second kappa shape index (κ2) is 8.89. The lowest BCUT2D eigenvalue weighted by Crippen LogP contribution is -2.29. The van der Waals surface area contributed by atoms with Crippen LogP contribution in [0.5, 0.6) is 5.75 Å². The number of aromatic nitrogens is 1. The Bertz CT molecular complexity index is 1080. The summed E-state index contributed by atoms with van der Waals surface area (Å²) in [4.78, 5) is 14.3. The Morgan fingerprint density at radius 1 is 1.32 bits per heavy atom. The van der Waals surface area contributed by atoms with Gasteiger partial charge in [0, 0.05) is 30.3 Å². The summed E-state index contributed by atoms with van der Waals surface area (Å²) >= 11 is 0. The van der Waals surface area contributed by atoms with E-state index in [1.54, 1.807) is 30.1 Å². The van der Waals surface area contributed by atoms with Gasteiger partial charge in [-0.2, -0.15) is 0 Å². The molecule has 5 N–H and O–H groups in total. The quantitative estimate of drug-likeness (QED) is 0.431. The van der Waals surface area contributed by atoms with Crippen LogP contribution in [0, 0.1) is 0 Å². The Balaban J connectivity index is 1.47. The summed E-state index contributed by atoms with van der Waals surface area (Å²) in [5, 5.41) is 27.7. The van der Waals surface area contributed by atoms with Gasteiger partial charge in [0.15, 0.2) is 11.5 Å². The van der Waals surface area contributed by atoms with Crippen LogP contribution in [0.15, 0.2) is 53.1 Å². The Kier molecular flexibility index (Phi) is 6.03. The predicted molar refractivity (Wildman–Crippen MR) is 115 cm³/mol. The number of phenolic OH excluding ortho intramolecular Hbond substituents is 1. The number of aromatic hydroxyl groups is 1. The minimum absolute atomic E-state index is 0.0424. The Labute approximate surface area is 180 Å². The number of phenols is 1. The van der Waals surface area contributed by atoms with E-state index in [-0.39, 0.29) is 23.4 Å². The van der Waals surface area contributed by atoms with Crippen LogP contribution in [0.1, 0.15) is 45.9 Å². The van der Waals surface area contributed by atoms with Crippen molar-refractivity contribution in [1.29, 1.82) is 0 Å². The lowest BCUT2D eigenvalue weighted by molar-refractivity contribution is 0.0212. The van der Waals surface area contributed by atoms with E-state index in [1.165, 1.54) is 11.6 Å². The Hall–Kier alpha value is -3.20. The lowest BCUT2D eigenvalue weighted by Gasteiger charge is -2.23. The van der Waals surface area contributed by atoms with Crippen LogP contribution >= 0.6 is 0 Å². The average molecular weight is 422 g/mol. The number of carbonyl (C=O) groups excluding carboxylic acids is 1. The molecule has 3 aromatic rings. The second-order valence-electron chi connectivity index (χ2n) is 7.76. The summed E-state index contributed by atoms with van der Waals surface area (Å²) in [6, 6.07) is 14.4. The first-order valence-corrected chi connectivity index (χ1v) is 10.2. The Morgan fingerprint density at radius 2 is 2.13 bits per heavy atom. The maximum Gasteiger partial charge on any atom is 0.273 e. The van der Waals surface area contributed by atoms with Gasteiger partial charge in [0.25, 0.3) is 5.91 Å². The fourth-order valence-electron chi connectivity index (χ4n) is 3.94. The smallest absolute Gasteiger partial charge is 0.273 e. The molecule has 8 nitrogen and oxygen atoms in total. The second-order valence-corrected chi connectivity index (χ2v) is 7.76. The average Bonchev–Trinajstić information content (AvgIpc) is 3.41. The SMILES string of the molecule is CN(CCN)C(O)c1ccc(-c2cc(C(=O)N[C@@H]3CCc4ccccc43)no2)cc1O. The van der Waals surface area contributed by atoms with Crippen molar-refractivity contribution in [1.82, 2.24) is 15.4 Å². The molecule has 0 spiro atoms. The number of rotatable bonds is 7. The zero-order valence-electron chi connectivity index (χ0n) is 17.3. The number of fused-ring (bicyclic) bond motifs is 1. The van der Waals surface area contributed by atoms with Crippen LogP contribution in [0.25, 0.3) is 11.3 Å². The van der Waals surface area contributed by atoms with Crippen molar-refractivity contribution in [2.24, 2.45) is 5.73 Å². The molecule has 1 aromatic heterocycles. The molecule has 0 saturated carbocycles. The molecule has 1 unspecified atom stereocenters. The van der Waals surface area contributed by atoms with E-state index in [1.807, 2.05) is 18.2 Å². The number of likely N-dealkylation sites (N-methyl/N-ethyl adjacent to an activating group) is 1. The third-order valence-electron chi connectivity index (χ3n) is 5.67. The van der Waals surface area contributed by atoms with E-state index in [4.69, 9.17) is 10.3 Å². The highest BCUT2D eigenvalue weighted by molar-refractivity contribution is 5.93. The van der Waals surface area contributed by atoms with Gasteiger partial charge in [-0.3, -0.25) is 9.69 Å². The minimum Gasteiger partial charge on any atom is -0.507 e. The van der Waals surface area contributed by atoms with Crippen LogP contribution in [0.4, 0.5) is 0 Å². The fourth-order valence-corrected chi connectivity index (χ4v) is 3.94. The molecule has 2 atom stereocenters. The molecule has 31 heavy (non-hydrogen) atoms. The Morgan fingerprint density at radius 3 is 2.90 bits per heavy atom. The molecular formula is C23H26N4O4. The van der Waals surface area contributed by atoms with Gasteiger partial charge in [-0.05, 0) is 37.1 Å². The van der Waals surface area contributed by atoms with Crippen molar-refractivity contribution in [3.8, 4) is 17.1 Å². The van der Waals surface area contributed by atoms with Gasteiger partial charge in [-0.15, -0.1) is 0 Å².